The lowest BCUT2D eigenvalue weighted by Gasteiger charge is -2.04. The van der Waals surface area contributed by atoms with E-state index in [0.717, 1.165) is 0 Å². The lowest BCUT2D eigenvalue weighted by Crippen LogP contribution is -2.11. The van der Waals surface area contributed by atoms with E-state index in [1.807, 2.05) is 6.07 Å². The molecule has 0 aliphatic heterocycles. The average Bonchev–Trinajstić information content (AvgIpc) is 2.13. The Bertz CT molecular complexity index is 320. The number of thioether (sulfide) groups is 1. The lowest BCUT2D eigenvalue weighted by atomic mass is 10.4. The molecule has 2 N–H and O–H groups in total. The highest BCUT2D eigenvalue weighted by Gasteiger charge is 2.13. The van der Waals surface area contributed by atoms with E-state index in [-0.39, 0.29) is 23.6 Å². The van der Waals surface area contributed by atoms with Crippen LogP contribution in [0.3, 0.4) is 0 Å². The molecule has 0 aromatic heterocycles. The van der Waals surface area contributed by atoms with Gasteiger partial charge in [-0.25, -0.2) is 4.79 Å². The number of carbonyl (C=O) groups excluding carboxylic acids is 1. The number of nitrogens with zero attached hydrogens (tertiary/aromatic N) is 2. The average molecular weight is 211 g/mol. The summed E-state index contributed by atoms with van der Waals surface area (Å²) in [7, 11) is 0. The fourth-order valence-corrected chi connectivity index (χ4v) is 0.978. The normalized spacial score (nSPS) is 10.8. The molecule has 0 saturated carbocycles. The van der Waals surface area contributed by atoms with Crippen molar-refractivity contribution >= 4 is 17.7 Å². The molecule has 0 atom stereocenters. The zero-order valence-electron chi connectivity index (χ0n) is 7.61. The molecule has 0 saturated heterocycles. The van der Waals surface area contributed by atoms with Crippen LogP contribution in [0.25, 0.3) is 0 Å². The van der Waals surface area contributed by atoms with Gasteiger partial charge in [0.1, 0.15) is 16.9 Å². The van der Waals surface area contributed by atoms with Gasteiger partial charge in [-0.2, -0.15) is 10.5 Å². The van der Waals surface area contributed by atoms with Crippen molar-refractivity contribution in [3.05, 3.63) is 10.6 Å². The first-order valence-corrected chi connectivity index (χ1v) is 4.51. The van der Waals surface area contributed by atoms with Crippen molar-refractivity contribution in [2.75, 3.05) is 6.61 Å². The summed E-state index contributed by atoms with van der Waals surface area (Å²) >= 11 is 0.653. The highest BCUT2D eigenvalue weighted by Crippen LogP contribution is 2.17. The van der Waals surface area contributed by atoms with Crippen LogP contribution < -0.4 is 5.73 Å². The summed E-state index contributed by atoms with van der Waals surface area (Å²) in [5.41, 5.74) is 5.60. The Labute approximate surface area is 86.1 Å². The number of nitrogens with two attached hydrogens (primary N) is 1. The number of allylic oxidation sites excluding steroid dienone is 1. The first-order chi connectivity index (χ1) is 6.63. The van der Waals surface area contributed by atoms with Crippen LogP contribution in [0.2, 0.25) is 0 Å². The second-order valence-corrected chi connectivity index (χ2v) is 3.04. The maximum absolute atomic E-state index is 11.2. The van der Waals surface area contributed by atoms with E-state index in [2.05, 4.69) is 4.74 Å². The number of nitriles is 2. The summed E-state index contributed by atoms with van der Waals surface area (Å²) in [6, 6.07) is 1.83. The van der Waals surface area contributed by atoms with Crippen molar-refractivity contribution in [2.24, 2.45) is 5.73 Å². The van der Waals surface area contributed by atoms with E-state index in [0.29, 0.717) is 11.8 Å². The standard InChI is InChI=1S/C8H9N3O2S/c1-6(11)7(14-5-10)8(12)13-4-2-3-9/h2,4,11H2,1H3. The van der Waals surface area contributed by atoms with Gasteiger partial charge < -0.3 is 10.5 Å². The molecule has 0 fully saturated rings. The number of ether oxygens (including phenoxy) is 1. The predicted octanol–water partition coefficient (Wildman–Crippen LogP) is 0.848. The van der Waals surface area contributed by atoms with E-state index in [9.17, 15) is 4.79 Å². The second kappa shape index (κ2) is 6.81. The molecule has 0 aliphatic carbocycles. The first kappa shape index (κ1) is 12.3. The summed E-state index contributed by atoms with van der Waals surface area (Å²) in [5.74, 6) is -0.660. The number of esters is 1. The van der Waals surface area contributed by atoms with Gasteiger partial charge in [0, 0.05) is 5.70 Å². The minimum atomic E-state index is -0.660. The molecule has 0 aliphatic rings. The summed E-state index contributed by atoms with van der Waals surface area (Å²) in [4.78, 5) is 11.3. The summed E-state index contributed by atoms with van der Waals surface area (Å²) in [6.07, 6.45) is 0.125. The highest BCUT2D eigenvalue weighted by molar-refractivity contribution is 8.08. The van der Waals surface area contributed by atoms with Crippen LogP contribution in [0, 0.1) is 22.0 Å². The van der Waals surface area contributed by atoms with Gasteiger partial charge in [0.05, 0.1) is 12.5 Å². The van der Waals surface area contributed by atoms with Crippen LogP contribution in [0.5, 0.6) is 0 Å². The Morgan fingerprint density at radius 1 is 1.57 bits per heavy atom. The molecule has 14 heavy (non-hydrogen) atoms. The third-order valence-corrected chi connectivity index (χ3v) is 1.92. The van der Waals surface area contributed by atoms with E-state index in [1.165, 1.54) is 6.92 Å². The van der Waals surface area contributed by atoms with Crippen LogP contribution in [0.4, 0.5) is 0 Å². The molecule has 0 spiro atoms. The van der Waals surface area contributed by atoms with Crippen LogP contribution in [0.15, 0.2) is 10.6 Å². The Kier molecular flexibility index (Phi) is 6.01. The molecular formula is C8H9N3O2S. The molecule has 6 heteroatoms. The second-order valence-electron chi connectivity index (χ2n) is 2.25. The van der Waals surface area contributed by atoms with Crippen LogP contribution >= 0.6 is 11.8 Å². The number of hydrogen-bond donors (Lipinski definition) is 1. The molecule has 74 valence electrons. The topological polar surface area (TPSA) is 99.9 Å². The third-order valence-electron chi connectivity index (χ3n) is 1.14. The largest absolute Gasteiger partial charge is 0.461 e. The van der Waals surface area contributed by atoms with Crippen molar-refractivity contribution in [3.63, 3.8) is 0 Å². The molecular weight excluding hydrogens is 202 g/mol. The fraction of sp³-hybridized carbons (Fsp3) is 0.375. The third kappa shape index (κ3) is 4.39. The zero-order chi connectivity index (χ0) is 11.0. The molecule has 0 heterocycles. The SMILES string of the molecule is CC(N)=C(SC#N)C(=O)OCCC#N. The van der Waals surface area contributed by atoms with E-state index in [1.54, 1.807) is 5.40 Å². The minimum absolute atomic E-state index is 0.0120. The van der Waals surface area contributed by atoms with Crippen molar-refractivity contribution in [1.29, 1.82) is 10.5 Å². The quantitative estimate of drug-likeness (QED) is 0.320. The van der Waals surface area contributed by atoms with Gasteiger partial charge in [-0.05, 0) is 18.7 Å². The van der Waals surface area contributed by atoms with Gasteiger partial charge >= 0.3 is 5.97 Å². The van der Waals surface area contributed by atoms with Gasteiger partial charge in [0.2, 0.25) is 0 Å². The lowest BCUT2D eigenvalue weighted by molar-refractivity contribution is -0.138. The summed E-state index contributed by atoms with van der Waals surface area (Å²) in [5, 5.41) is 18.3. The van der Waals surface area contributed by atoms with Gasteiger partial charge in [0.15, 0.2) is 0 Å². The van der Waals surface area contributed by atoms with E-state index >= 15 is 0 Å². The van der Waals surface area contributed by atoms with Crippen molar-refractivity contribution < 1.29 is 9.53 Å². The smallest absolute Gasteiger partial charge is 0.347 e. The Morgan fingerprint density at radius 3 is 2.64 bits per heavy atom. The van der Waals surface area contributed by atoms with Gasteiger partial charge in [0.25, 0.3) is 0 Å². The monoisotopic (exact) mass is 211 g/mol. The number of carbonyl (C=O) groups is 1. The number of thiocyanates is 1. The van der Waals surface area contributed by atoms with Crippen LogP contribution in [-0.4, -0.2) is 12.6 Å². The van der Waals surface area contributed by atoms with Crippen molar-refractivity contribution in [1.82, 2.24) is 0 Å². The zero-order valence-corrected chi connectivity index (χ0v) is 8.43. The first-order valence-electron chi connectivity index (χ1n) is 3.69. The summed E-state index contributed by atoms with van der Waals surface area (Å²) < 4.78 is 4.69. The van der Waals surface area contributed by atoms with Crippen LogP contribution in [0.1, 0.15) is 13.3 Å². The minimum Gasteiger partial charge on any atom is -0.461 e. The Balaban J connectivity index is 4.29. The van der Waals surface area contributed by atoms with Gasteiger partial charge in [-0.15, -0.1) is 0 Å². The van der Waals surface area contributed by atoms with Gasteiger partial charge in [-0.1, -0.05) is 0 Å². The maximum atomic E-state index is 11.2. The molecule has 0 aromatic carbocycles. The number of hydrogen-bond acceptors (Lipinski definition) is 6. The molecule has 0 aromatic rings. The Morgan fingerprint density at radius 2 is 2.21 bits per heavy atom. The molecule has 0 amide bonds. The van der Waals surface area contributed by atoms with Crippen molar-refractivity contribution in [3.8, 4) is 11.5 Å². The predicted molar refractivity (Wildman–Crippen MR) is 51.3 cm³/mol. The highest BCUT2D eigenvalue weighted by atomic mass is 32.2. The molecule has 0 rings (SSSR count). The molecule has 0 unspecified atom stereocenters. The number of rotatable bonds is 4. The fourth-order valence-electron chi connectivity index (χ4n) is 0.584. The van der Waals surface area contributed by atoms with Crippen molar-refractivity contribution in [2.45, 2.75) is 13.3 Å². The van der Waals surface area contributed by atoms with E-state index < -0.39 is 5.97 Å². The maximum Gasteiger partial charge on any atom is 0.347 e. The van der Waals surface area contributed by atoms with Crippen LogP contribution in [-0.2, 0) is 9.53 Å². The Hall–Kier alpha value is -1.66. The van der Waals surface area contributed by atoms with E-state index in [4.69, 9.17) is 16.3 Å². The van der Waals surface area contributed by atoms with Gasteiger partial charge in [-0.3, -0.25) is 0 Å². The summed E-state index contributed by atoms with van der Waals surface area (Å²) in [6.45, 7) is 1.52. The molecule has 5 nitrogen and oxygen atoms in total. The molecule has 0 bridgehead atoms. The molecule has 0 radical (unpaired) electrons.